The van der Waals surface area contributed by atoms with Crippen molar-refractivity contribution in [1.29, 1.82) is 0 Å². The van der Waals surface area contributed by atoms with Gasteiger partial charge in [-0.3, -0.25) is 0 Å². The molecule has 1 saturated heterocycles. The first-order valence-corrected chi connectivity index (χ1v) is 9.20. The Bertz CT molecular complexity index is 897. The zero-order chi connectivity index (χ0) is 18.5. The second-order valence-electron chi connectivity index (χ2n) is 6.14. The van der Waals surface area contributed by atoms with Gasteiger partial charge in [-0.2, -0.15) is 4.98 Å². The molecule has 0 bridgehead atoms. The van der Waals surface area contributed by atoms with Gasteiger partial charge in [0.15, 0.2) is 0 Å². The summed E-state index contributed by atoms with van der Waals surface area (Å²) >= 11 is 5.93. The average molecular weight is 382 g/mol. The number of rotatable bonds is 5. The number of benzene rings is 2. The van der Waals surface area contributed by atoms with Crippen molar-refractivity contribution in [3.05, 3.63) is 65.8 Å². The molecule has 6 nitrogen and oxygen atoms in total. The fourth-order valence-electron chi connectivity index (χ4n) is 2.95. The minimum Gasteiger partial charge on any atom is -0.378 e. The number of nitrogens with zero attached hydrogens (tertiary/aromatic N) is 3. The molecule has 1 aromatic heterocycles. The standard InChI is InChI=1S/C20H20ClN5O/c21-15-5-7-16(8-6-15)23-20-22-10-9-19(25-20)24-17-3-1-2-4-18(17)26-11-13-27-14-12-26/h1-10H,11-14H2,(H2,22,23,24,25). The van der Waals surface area contributed by atoms with E-state index in [1.807, 2.05) is 42.5 Å². The van der Waals surface area contributed by atoms with E-state index in [2.05, 4.69) is 37.6 Å². The fourth-order valence-corrected chi connectivity index (χ4v) is 3.07. The Labute approximate surface area is 163 Å². The second-order valence-corrected chi connectivity index (χ2v) is 6.58. The van der Waals surface area contributed by atoms with Crippen molar-refractivity contribution < 1.29 is 4.74 Å². The first kappa shape index (κ1) is 17.6. The van der Waals surface area contributed by atoms with Gasteiger partial charge < -0.3 is 20.3 Å². The summed E-state index contributed by atoms with van der Waals surface area (Å²) in [4.78, 5) is 11.2. The van der Waals surface area contributed by atoms with Crippen LogP contribution < -0.4 is 15.5 Å². The maximum Gasteiger partial charge on any atom is 0.229 e. The highest BCUT2D eigenvalue weighted by molar-refractivity contribution is 6.30. The van der Waals surface area contributed by atoms with Gasteiger partial charge >= 0.3 is 0 Å². The van der Waals surface area contributed by atoms with E-state index in [1.165, 1.54) is 0 Å². The normalized spacial score (nSPS) is 14.0. The molecule has 2 heterocycles. The Balaban J connectivity index is 1.52. The minimum absolute atomic E-state index is 0.520. The number of para-hydroxylation sites is 2. The van der Waals surface area contributed by atoms with Gasteiger partial charge in [-0.25, -0.2) is 4.98 Å². The highest BCUT2D eigenvalue weighted by Crippen LogP contribution is 2.29. The fraction of sp³-hybridized carbons (Fsp3) is 0.200. The van der Waals surface area contributed by atoms with Gasteiger partial charge in [0, 0.05) is 30.0 Å². The van der Waals surface area contributed by atoms with Crippen molar-refractivity contribution in [2.75, 3.05) is 41.8 Å². The second kappa shape index (κ2) is 8.24. The number of morpholine rings is 1. The summed E-state index contributed by atoms with van der Waals surface area (Å²) in [6, 6.07) is 17.5. The predicted octanol–water partition coefficient (Wildman–Crippen LogP) is 4.45. The van der Waals surface area contributed by atoms with Crippen LogP contribution in [0.15, 0.2) is 60.8 Å². The average Bonchev–Trinajstić information content (AvgIpc) is 2.71. The molecule has 1 aliphatic heterocycles. The number of hydrogen-bond acceptors (Lipinski definition) is 6. The Hall–Kier alpha value is -2.83. The summed E-state index contributed by atoms with van der Waals surface area (Å²) in [5, 5.41) is 7.29. The maximum atomic E-state index is 5.93. The molecule has 0 amide bonds. The molecule has 4 rings (SSSR count). The number of hydrogen-bond donors (Lipinski definition) is 2. The Morgan fingerprint density at radius 3 is 2.52 bits per heavy atom. The van der Waals surface area contributed by atoms with Crippen LogP contribution in [0.4, 0.5) is 28.8 Å². The monoisotopic (exact) mass is 381 g/mol. The summed E-state index contributed by atoms with van der Waals surface area (Å²) in [6.07, 6.45) is 1.73. The van der Waals surface area contributed by atoms with E-state index in [0.717, 1.165) is 49.2 Å². The summed E-state index contributed by atoms with van der Waals surface area (Å²) < 4.78 is 5.46. The van der Waals surface area contributed by atoms with Crippen LogP contribution in [0.25, 0.3) is 0 Å². The van der Waals surface area contributed by atoms with Crippen LogP contribution in [0, 0.1) is 0 Å². The summed E-state index contributed by atoms with van der Waals surface area (Å²) in [5.41, 5.74) is 3.03. The molecular weight excluding hydrogens is 362 g/mol. The largest absolute Gasteiger partial charge is 0.378 e. The van der Waals surface area contributed by atoms with Crippen molar-refractivity contribution in [3.63, 3.8) is 0 Å². The van der Waals surface area contributed by atoms with Gasteiger partial charge in [0.1, 0.15) is 5.82 Å². The third-order valence-corrected chi connectivity index (χ3v) is 4.53. The molecule has 0 unspecified atom stereocenters. The van der Waals surface area contributed by atoms with Gasteiger partial charge in [0.2, 0.25) is 5.95 Å². The summed E-state index contributed by atoms with van der Waals surface area (Å²) in [5.74, 6) is 1.24. The predicted molar refractivity (Wildman–Crippen MR) is 110 cm³/mol. The van der Waals surface area contributed by atoms with Crippen LogP contribution in [0.2, 0.25) is 5.02 Å². The third kappa shape index (κ3) is 4.48. The van der Waals surface area contributed by atoms with Gasteiger partial charge in [-0.05, 0) is 42.5 Å². The van der Waals surface area contributed by atoms with E-state index in [4.69, 9.17) is 16.3 Å². The lowest BCUT2D eigenvalue weighted by Crippen LogP contribution is -2.36. The molecule has 1 aliphatic rings. The number of aromatic nitrogens is 2. The molecule has 7 heteroatoms. The van der Waals surface area contributed by atoms with Crippen LogP contribution >= 0.6 is 11.6 Å². The van der Waals surface area contributed by atoms with E-state index in [-0.39, 0.29) is 0 Å². The van der Waals surface area contributed by atoms with Gasteiger partial charge in [0.25, 0.3) is 0 Å². The number of nitrogens with one attached hydrogen (secondary N) is 2. The van der Waals surface area contributed by atoms with Crippen molar-refractivity contribution in [2.45, 2.75) is 0 Å². The van der Waals surface area contributed by atoms with E-state index in [1.54, 1.807) is 6.20 Å². The molecule has 0 saturated carbocycles. The lowest BCUT2D eigenvalue weighted by Gasteiger charge is -2.30. The zero-order valence-corrected chi connectivity index (χ0v) is 15.5. The molecule has 138 valence electrons. The lowest BCUT2D eigenvalue weighted by molar-refractivity contribution is 0.123. The van der Waals surface area contributed by atoms with Crippen molar-refractivity contribution in [2.24, 2.45) is 0 Å². The Morgan fingerprint density at radius 1 is 0.926 bits per heavy atom. The lowest BCUT2D eigenvalue weighted by atomic mass is 10.2. The zero-order valence-electron chi connectivity index (χ0n) is 14.7. The third-order valence-electron chi connectivity index (χ3n) is 4.27. The molecule has 0 spiro atoms. The topological polar surface area (TPSA) is 62.3 Å². The van der Waals surface area contributed by atoms with E-state index >= 15 is 0 Å². The summed E-state index contributed by atoms with van der Waals surface area (Å²) in [7, 11) is 0. The van der Waals surface area contributed by atoms with E-state index in [0.29, 0.717) is 11.0 Å². The minimum atomic E-state index is 0.520. The smallest absolute Gasteiger partial charge is 0.229 e. The van der Waals surface area contributed by atoms with Gasteiger partial charge in [-0.15, -0.1) is 0 Å². The van der Waals surface area contributed by atoms with Crippen LogP contribution in [-0.2, 0) is 4.74 Å². The SMILES string of the molecule is Clc1ccc(Nc2nccc(Nc3ccccc3N3CCOCC3)n2)cc1. The molecule has 1 fully saturated rings. The Kier molecular flexibility index (Phi) is 5.37. The van der Waals surface area contributed by atoms with Crippen molar-refractivity contribution in [1.82, 2.24) is 9.97 Å². The molecule has 0 atom stereocenters. The maximum absolute atomic E-state index is 5.93. The van der Waals surface area contributed by atoms with E-state index < -0.39 is 0 Å². The highest BCUT2D eigenvalue weighted by Gasteiger charge is 2.14. The van der Waals surface area contributed by atoms with Crippen molar-refractivity contribution >= 4 is 40.4 Å². The van der Waals surface area contributed by atoms with Gasteiger partial charge in [0.05, 0.1) is 24.6 Å². The molecule has 2 aromatic carbocycles. The van der Waals surface area contributed by atoms with E-state index in [9.17, 15) is 0 Å². The van der Waals surface area contributed by atoms with Gasteiger partial charge in [-0.1, -0.05) is 23.7 Å². The van der Waals surface area contributed by atoms with Crippen LogP contribution in [0.3, 0.4) is 0 Å². The molecule has 0 aliphatic carbocycles. The first-order valence-electron chi connectivity index (χ1n) is 8.82. The Morgan fingerprint density at radius 2 is 1.70 bits per heavy atom. The molecule has 0 radical (unpaired) electrons. The number of halogens is 1. The van der Waals surface area contributed by atoms with Crippen LogP contribution in [-0.4, -0.2) is 36.3 Å². The molecular formula is C20H20ClN5O. The molecule has 27 heavy (non-hydrogen) atoms. The van der Waals surface area contributed by atoms with Crippen LogP contribution in [0.1, 0.15) is 0 Å². The van der Waals surface area contributed by atoms with Crippen LogP contribution in [0.5, 0.6) is 0 Å². The van der Waals surface area contributed by atoms with Crippen molar-refractivity contribution in [3.8, 4) is 0 Å². The highest BCUT2D eigenvalue weighted by atomic mass is 35.5. The number of ether oxygens (including phenoxy) is 1. The number of anilines is 5. The molecule has 2 N–H and O–H groups in total. The summed E-state index contributed by atoms with van der Waals surface area (Å²) in [6.45, 7) is 3.26. The first-order chi connectivity index (χ1) is 13.3. The quantitative estimate of drug-likeness (QED) is 0.680. The molecule has 3 aromatic rings.